The summed E-state index contributed by atoms with van der Waals surface area (Å²) in [7, 11) is 0. The molecule has 0 fully saturated rings. The highest BCUT2D eigenvalue weighted by Crippen LogP contribution is 2.19. The molecule has 2 amide bonds. The molecule has 0 aliphatic carbocycles. The van der Waals surface area contributed by atoms with Gasteiger partial charge in [0.1, 0.15) is 6.04 Å². The van der Waals surface area contributed by atoms with Crippen LogP contribution in [0.25, 0.3) is 0 Å². The van der Waals surface area contributed by atoms with Crippen molar-refractivity contribution in [2.75, 3.05) is 12.3 Å². The van der Waals surface area contributed by atoms with Gasteiger partial charge in [-0.25, -0.2) is 0 Å². The zero-order valence-corrected chi connectivity index (χ0v) is 21.6. The Hall–Kier alpha value is -3.05. The molecule has 5 heteroatoms. The second-order valence-electron chi connectivity index (χ2n) is 8.73. The van der Waals surface area contributed by atoms with E-state index >= 15 is 0 Å². The number of hydrogen-bond donors (Lipinski definition) is 1. The van der Waals surface area contributed by atoms with Gasteiger partial charge in [-0.05, 0) is 35.6 Å². The van der Waals surface area contributed by atoms with E-state index in [0.29, 0.717) is 31.7 Å². The molecular formula is C30H36N2O2S. The van der Waals surface area contributed by atoms with Crippen LogP contribution in [0.15, 0.2) is 84.9 Å². The summed E-state index contributed by atoms with van der Waals surface area (Å²) in [4.78, 5) is 28.7. The summed E-state index contributed by atoms with van der Waals surface area (Å²) >= 11 is 1.75. The van der Waals surface area contributed by atoms with Crippen molar-refractivity contribution in [1.82, 2.24) is 10.2 Å². The molecule has 0 heterocycles. The lowest BCUT2D eigenvalue weighted by molar-refractivity contribution is -0.141. The fourth-order valence-corrected chi connectivity index (χ4v) is 4.85. The van der Waals surface area contributed by atoms with E-state index < -0.39 is 6.04 Å². The highest BCUT2D eigenvalue weighted by atomic mass is 32.2. The first-order valence-electron chi connectivity index (χ1n) is 12.4. The zero-order valence-electron chi connectivity index (χ0n) is 20.8. The minimum atomic E-state index is -0.560. The smallest absolute Gasteiger partial charge is 0.243 e. The second-order valence-corrected chi connectivity index (χ2v) is 9.84. The van der Waals surface area contributed by atoms with Crippen molar-refractivity contribution < 1.29 is 9.59 Å². The maximum Gasteiger partial charge on any atom is 0.243 e. The first kappa shape index (κ1) is 26.6. The van der Waals surface area contributed by atoms with Gasteiger partial charge in [-0.15, -0.1) is 0 Å². The van der Waals surface area contributed by atoms with Gasteiger partial charge in [0.2, 0.25) is 11.8 Å². The average molecular weight is 489 g/mol. The largest absolute Gasteiger partial charge is 0.354 e. The Kier molecular flexibility index (Phi) is 10.9. The summed E-state index contributed by atoms with van der Waals surface area (Å²) in [5, 5.41) is 3.04. The highest BCUT2D eigenvalue weighted by molar-refractivity contribution is 7.98. The Balaban J connectivity index is 1.79. The number of amides is 2. The Morgan fingerprint density at radius 2 is 1.51 bits per heavy atom. The minimum Gasteiger partial charge on any atom is -0.354 e. The molecule has 3 aromatic rings. The Bertz CT molecular complexity index is 1060. The standard InChI is InChI=1S/C30H36N2O2S/c1-3-19-31-30(34)28(21-25-13-6-4-7-14-25)32(22-27-17-11-10-12-24(27)2)29(33)18-20-35-23-26-15-8-5-9-16-26/h4-17,28H,3,18-23H2,1-2H3,(H,31,34)/t28-/m0/s1. The summed E-state index contributed by atoms with van der Waals surface area (Å²) in [6.45, 7) is 5.11. The summed E-state index contributed by atoms with van der Waals surface area (Å²) in [6.07, 6.45) is 1.74. The van der Waals surface area contributed by atoms with Crippen molar-refractivity contribution in [2.45, 2.75) is 51.4 Å². The van der Waals surface area contributed by atoms with E-state index in [4.69, 9.17) is 0 Å². The van der Waals surface area contributed by atoms with E-state index in [2.05, 4.69) is 30.4 Å². The lowest BCUT2D eigenvalue weighted by Gasteiger charge is -2.32. The lowest BCUT2D eigenvalue weighted by Crippen LogP contribution is -2.50. The van der Waals surface area contributed by atoms with Gasteiger partial charge < -0.3 is 10.2 Å². The van der Waals surface area contributed by atoms with Gasteiger partial charge >= 0.3 is 0 Å². The van der Waals surface area contributed by atoms with Crippen LogP contribution in [-0.4, -0.2) is 35.1 Å². The highest BCUT2D eigenvalue weighted by Gasteiger charge is 2.30. The maximum absolute atomic E-state index is 13.6. The van der Waals surface area contributed by atoms with Crippen LogP contribution < -0.4 is 5.32 Å². The van der Waals surface area contributed by atoms with Gasteiger partial charge in [-0.2, -0.15) is 11.8 Å². The number of thioether (sulfide) groups is 1. The Morgan fingerprint density at radius 1 is 0.886 bits per heavy atom. The van der Waals surface area contributed by atoms with Crippen molar-refractivity contribution >= 4 is 23.6 Å². The van der Waals surface area contributed by atoms with Gasteiger partial charge in [0.15, 0.2) is 0 Å². The number of nitrogens with zero attached hydrogens (tertiary/aromatic N) is 1. The predicted molar refractivity (Wildman–Crippen MR) is 146 cm³/mol. The summed E-state index contributed by atoms with van der Waals surface area (Å²) < 4.78 is 0. The van der Waals surface area contributed by atoms with Gasteiger partial charge in [-0.3, -0.25) is 9.59 Å². The van der Waals surface area contributed by atoms with E-state index in [1.807, 2.05) is 73.7 Å². The molecule has 0 bridgehead atoms. The van der Waals surface area contributed by atoms with Crippen LogP contribution >= 0.6 is 11.8 Å². The first-order chi connectivity index (χ1) is 17.1. The number of hydrogen-bond acceptors (Lipinski definition) is 3. The molecular weight excluding hydrogens is 452 g/mol. The molecule has 184 valence electrons. The molecule has 0 unspecified atom stereocenters. The summed E-state index contributed by atoms with van der Waals surface area (Å²) in [5.41, 5.74) is 4.49. The van der Waals surface area contributed by atoms with Crippen LogP contribution in [-0.2, 0) is 28.3 Å². The van der Waals surface area contributed by atoms with Crippen molar-refractivity contribution in [3.63, 3.8) is 0 Å². The SMILES string of the molecule is CCCNC(=O)[C@H](Cc1ccccc1)N(Cc1ccccc1C)C(=O)CCSCc1ccccc1. The number of aryl methyl sites for hydroxylation is 1. The second kappa shape index (κ2) is 14.4. The molecule has 0 radical (unpaired) electrons. The van der Waals surface area contributed by atoms with Crippen LogP contribution in [0.4, 0.5) is 0 Å². The average Bonchev–Trinajstić information content (AvgIpc) is 2.89. The van der Waals surface area contributed by atoms with E-state index in [9.17, 15) is 9.59 Å². The Labute approximate surface area is 214 Å². The molecule has 0 spiro atoms. The minimum absolute atomic E-state index is 0.0152. The van der Waals surface area contributed by atoms with E-state index in [-0.39, 0.29) is 11.8 Å². The molecule has 0 aromatic heterocycles. The number of carbonyl (C=O) groups is 2. The third-order valence-electron chi connectivity index (χ3n) is 5.99. The summed E-state index contributed by atoms with van der Waals surface area (Å²) in [6, 6.07) is 27.8. The van der Waals surface area contributed by atoms with Crippen molar-refractivity contribution in [2.24, 2.45) is 0 Å². The molecule has 4 nitrogen and oxygen atoms in total. The van der Waals surface area contributed by atoms with Gasteiger partial charge in [-0.1, -0.05) is 91.9 Å². The Morgan fingerprint density at radius 3 is 2.17 bits per heavy atom. The van der Waals surface area contributed by atoms with Crippen LogP contribution in [0.3, 0.4) is 0 Å². The van der Waals surface area contributed by atoms with E-state index in [1.165, 1.54) is 5.56 Å². The van der Waals surface area contributed by atoms with Gasteiger partial charge in [0, 0.05) is 37.4 Å². The molecule has 0 saturated heterocycles. The van der Waals surface area contributed by atoms with Gasteiger partial charge in [0.25, 0.3) is 0 Å². The van der Waals surface area contributed by atoms with Crippen LogP contribution in [0.2, 0.25) is 0 Å². The molecule has 1 atom stereocenters. The zero-order chi connectivity index (χ0) is 24.9. The number of rotatable bonds is 13. The maximum atomic E-state index is 13.6. The lowest BCUT2D eigenvalue weighted by atomic mass is 10.0. The third-order valence-corrected chi connectivity index (χ3v) is 7.02. The number of nitrogens with one attached hydrogen (secondary N) is 1. The number of benzene rings is 3. The number of carbonyl (C=O) groups excluding carboxylic acids is 2. The normalized spacial score (nSPS) is 11.6. The van der Waals surface area contributed by atoms with E-state index in [1.54, 1.807) is 16.7 Å². The fourth-order valence-electron chi connectivity index (χ4n) is 3.96. The van der Waals surface area contributed by atoms with Crippen LogP contribution in [0, 0.1) is 6.92 Å². The third kappa shape index (κ3) is 8.59. The van der Waals surface area contributed by atoms with Crippen molar-refractivity contribution in [3.05, 3.63) is 107 Å². The molecule has 3 aromatic carbocycles. The van der Waals surface area contributed by atoms with Crippen molar-refractivity contribution in [3.8, 4) is 0 Å². The van der Waals surface area contributed by atoms with Gasteiger partial charge in [0.05, 0.1) is 0 Å². The molecule has 0 saturated carbocycles. The van der Waals surface area contributed by atoms with Crippen LogP contribution in [0.1, 0.15) is 42.0 Å². The first-order valence-corrected chi connectivity index (χ1v) is 13.5. The monoisotopic (exact) mass is 488 g/mol. The van der Waals surface area contributed by atoms with E-state index in [0.717, 1.165) is 28.9 Å². The molecule has 1 N–H and O–H groups in total. The molecule has 0 aliphatic heterocycles. The molecule has 0 aliphatic rings. The molecule has 35 heavy (non-hydrogen) atoms. The summed E-state index contributed by atoms with van der Waals surface area (Å²) in [5.74, 6) is 1.51. The van der Waals surface area contributed by atoms with Crippen LogP contribution in [0.5, 0.6) is 0 Å². The fraction of sp³-hybridized carbons (Fsp3) is 0.333. The predicted octanol–water partition coefficient (Wildman–Crippen LogP) is 5.78. The quantitative estimate of drug-likeness (QED) is 0.310. The topological polar surface area (TPSA) is 49.4 Å². The van der Waals surface area contributed by atoms with Crippen molar-refractivity contribution in [1.29, 1.82) is 0 Å². The molecule has 3 rings (SSSR count).